The molecule has 1 aromatic rings. The van der Waals surface area contributed by atoms with Crippen LogP contribution in [0, 0.1) is 0 Å². The number of amides is 1. The molecule has 2 aliphatic heterocycles. The number of methoxy groups -OCH3 is 1. The highest BCUT2D eigenvalue weighted by molar-refractivity contribution is 7.89. The van der Waals surface area contributed by atoms with Crippen LogP contribution in [-0.2, 0) is 24.3 Å². The lowest BCUT2D eigenvalue weighted by molar-refractivity contribution is -0.155. The van der Waals surface area contributed by atoms with Gasteiger partial charge in [0.05, 0.1) is 18.1 Å². The van der Waals surface area contributed by atoms with E-state index in [0.29, 0.717) is 18.8 Å². The minimum Gasteiger partial charge on any atom is -0.497 e. The van der Waals surface area contributed by atoms with Crippen molar-refractivity contribution in [3.63, 3.8) is 0 Å². The summed E-state index contributed by atoms with van der Waals surface area (Å²) in [6, 6.07) is 4.59. The molecule has 2 fully saturated rings. The monoisotopic (exact) mass is 426 g/mol. The normalized spacial score (nSPS) is 23.0. The standard InChI is InChI=1S/C19H26N2O7S/c1-27-15-5-7-16(8-6-15)29(25,26)21-12-14(22)11-17(21)19(24)28-13-18(23)20-9-3-2-4-10-20/h5-8,14,17,22H,2-4,9-13H2,1H3/t14?,17-/m0/s1. The minimum atomic E-state index is -4.03. The minimum absolute atomic E-state index is 0.0189. The van der Waals surface area contributed by atoms with E-state index in [1.54, 1.807) is 4.90 Å². The lowest BCUT2D eigenvalue weighted by atomic mass is 10.1. The van der Waals surface area contributed by atoms with Gasteiger partial charge in [-0.25, -0.2) is 8.42 Å². The molecular weight excluding hydrogens is 400 g/mol. The van der Waals surface area contributed by atoms with Crippen LogP contribution in [0.4, 0.5) is 0 Å². The Hall–Kier alpha value is -2.17. The first-order valence-corrected chi connectivity index (χ1v) is 11.1. The van der Waals surface area contributed by atoms with Crippen molar-refractivity contribution in [2.45, 2.75) is 42.7 Å². The molecule has 0 bridgehead atoms. The van der Waals surface area contributed by atoms with Crippen LogP contribution in [0.15, 0.2) is 29.2 Å². The molecule has 0 radical (unpaired) electrons. The van der Waals surface area contributed by atoms with Crippen LogP contribution in [0.1, 0.15) is 25.7 Å². The number of aliphatic hydroxyl groups is 1. The number of ether oxygens (including phenoxy) is 2. The first-order chi connectivity index (χ1) is 13.8. The van der Waals surface area contributed by atoms with Crippen molar-refractivity contribution in [3.05, 3.63) is 24.3 Å². The van der Waals surface area contributed by atoms with Gasteiger partial charge in [-0.1, -0.05) is 0 Å². The van der Waals surface area contributed by atoms with E-state index < -0.39 is 34.7 Å². The SMILES string of the molecule is COc1ccc(S(=O)(=O)N2CC(O)C[C@H]2C(=O)OCC(=O)N2CCCCC2)cc1. The Bertz CT molecular complexity index is 835. The Morgan fingerprint density at radius 1 is 1.14 bits per heavy atom. The molecule has 0 aromatic heterocycles. The van der Waals surface area contributed by atoms with Crippen molar-refractivity contribution in [3.8, 4) is 5.75 Å². The van der Waals surface area contributed by atoms with Crippen LogP contribution in [0.25, 0.3) is 0 Å². The fraction of sp³-hybridized carbons (Fsp3) is 0.579. The molecule has 2 atom stereocenters. The molecule has 1 N–H and O–H groups in total. The van der Waals surface area contributed by atoms with Gasteiger partial charge in [0.15, 0.2) is 6.61 Å². The number of benzene rings is 1. The summed E-state index contributed by atoms with van der Waals surface area (Å²) < 4.78 is 37.0. The van der Waals surface area contributed by atoms with E-state index in [9.17, 15) is 23.1 Å². The summed E-state index contributed by atoms with van der Waals surface area (Å²) in [6.07, 6.45) is 1.84. The fourth-order valence-electron chi connectivity index (χ4n) is 3.61. The lowest BCUT2D eigenvalue weighted by Gasteiger charge is -2.27. The molecule has 1 amide bonds. The summed E-state index contributed by atoms with van der Waals surface area (Å²) in [7, 11) is -2.56. The van der Waals surface area contributed by atoms with Crippen LogP contribution in [0.5, 0.6) is 5.75 Å². The number of nitrogens with zero attached hydrogens (tertiary/aromatic N) is 2. The first-order valence-electron chi connectivity index (χ1n) is 9.61. The van der Waals surface area contributed by atoms with Gasteiger partial charge in [-0.2, -0.15) is 4.31 Å². The van der Waals surface area contributed by atoms with E-state index in [2.05, 4.69) is 0 Å². The Morgan fingerprint density at radius 2 is 1.79 bits per heavy atom. The number of β-amino-alcohol motifs (C(OH)–C–C–N with tert-alkyl or cyclic N) is 1. The molecule has 1 aromatic carbocycles. The van der Waals surface area contributed by atoms with Crippen LogP contribution in [-0.4, -0.2) is 80.1 Å². The summed E-state index contributed by atoms with van der Waals surface area (Å²) in [6.45, 7) is 0.628. The van der Waals surface area contributed by atoms with E-state index in [4.69, 9.17) is 9.47 Å². The predicted molar refractivity (Wildman–Crippen MR) is 103 cm³/mol. The van der Waals surface area contributed by atoms with E-state index in [1.165, 1.54) is 31.4 Å². The highest BCUT2D eigenvalue weighted by Crippen LogP contribution is 2.28. The van der Waals surface area contributed by atoms with Gasteiger partial charge in [-0.05, 0) is 43.5 Å². The topological polar surface area (TPSA) is 113 Å². The number of carbonyl (C=O) groups excluding carboxylic acids is 2. The number of aliphatic hydroxyl groups excluding tert-OH is 1. The molecule has 2 saturated heterocycles. The smallest absolute Gasteiger partial charge is 0.325 e. The molecule has 0 aliphatic carbocycles. The number of carbonyl (C=O) groups is 2. The van der Waals surface area contributed by atoms with Crippen molar-refractivity contribution in [1.29, 1.82) is 0 Å². The van der Waals surface area contributed by atoms with Gasteiger partial charge in [0, 0.05) is 26.1 Å². The van der Waals surface area contributed by atoms with Gasteiger partial charge in [0.2, 0.25) is 10.0 Å². The molecule has 160 valence electrons. The number of piperidine rings is 1. The van der Waals surface area contributed by atoms with Crippen LogP contribution in [0.3, 0.4) is 0 Å². The third kappa shape index (κ3) is 4.88. The van der Waals surface area contributed by atoms with Crippen LogP contribution < -0.4 is 4.74 Å². The maximum atomic E-state index is 13.0. The quantitative estimate of drug-likeness (QED) is 0.654. The zero-order chi connectivity index (χ0) is 21.0. The third-order valence-corrected chi connectivity index (χ3v) is 7.11. The Kier molecular flexibility index (Phi) is 6.76. The van der Waals surface area contributed by atoms with Gasteiger partial charge < -0.3 is 19.5 Å². The van der Waals surface area contributed by atoms with Crippen LogP contribution >= 0.6 is 0 Å². The zero-order valence-corrected chi connectivity index (χ0v) is 17.1. The summed E-state index contributed by atoms with van der Waals surface area (Å²) >= 11 is 0. The van der Waals surface area contributed by atoms with E-state index in [1.807, 2.05) is 0 Å². The van der Waals surface area contributed by atoms with E-state index in [-0.39, 0.29) is 23.8 Å². The number of likely N-dealkylation sites (tertiary alicyclic amines) is 1. The van der Waals surface area contributed by atoms with E-state index in [0.717, 1.165) is 23.6 Å². The highest BCUT2D eigenvalue weighted by atomic mass is 32.2. The maximum Gasteiger partial charge on any atom is 0.325 e. The molecule has 0 saturated carbocycles. The zero-order valence-electron chi connectivity index (χ0n) is 16.3. The van der Waals surface area contributed by atoms with E-state index >= 15 is 0 Å². The third-order valence-electron chi connectivity index (χ3n) is 5.22. The highest BCUT2D eigenvalue weighted by Gasteiger charge is 2.44. The maximum absolute atomic E-state index is 13.0. The summed E-state index contributed by atoms with van der Waals surface area (Å²) in [5, 5.41) is 9.98. The molecule has 9 nitrogen and oxygen atoms in total. The largest absolute Gasteiger partial charge is 0.497 e. The molecule has 2 aliphatic rings. The number of hydrogen-bond acceptors (Lipinski definition) is 7. The Morgan fingerprint density at radius 3 is 2.41 bits per heavy atom. The van der Waals surface area contributed by atoms with Crippen molar-refractivity contribution < 1.29 is 32.6 Å². The Labute approximate surface area is 170 Å². The van der Waals surface area contributed by atoms with Crippen molar-refractivity contribution in [2.75, 3.05) is 33.4 Å². The summed E-state index contributed by atoms with van der Waals surface area (Å²) in [4.78, 5) is 26.4. The van der Waals surface area contributed by atoms with Gasteiger partial charge in [0.25, 0.3) is 5.91 Å². The second-order valence-electron chi connectivity index (χ2n) is 7.20. The van der Waals surface area contributed by atoms with Crippen molar-refractivity contribution in [2.24, 2.45) is 0 Å². The predicted octanol–water partition coefficient (Wildman–Crippen LogP) is 0.375. The Balaban J connectivity index is 1.68. The number of hydrogen-bond donors (Lipinski definition) is 1. The number of esters is 1. The average Bonchev–Trinajstić information content (AvgIpc) is 3.15. The first kappa shape index (κ1) is 21.5. The lowest BCUT2D eigenvalue weighted by Crippen LogP contribution is -2.43. The molecule has 2 heterocycles. The van der Waals surface area contributed by atoms with Gasteiger partial charge >= 0.3 is 5.97 Å². The second kappa shape index (κ2) is 9.10. The fourth-order valence-corrected chi connectivity index (χ4v) is 5.24. The molecule has 29 heavy (non-hydrogen) atoms. The molecule has 3 rings (SSSR count). The van der Waals surface area contributed by atoms with Crippen molar-refractivity contribution >= 4 is 21.9 Å². The summed E-state index contributed by atoms with van der Waals surface area (Å²) in [5.74, 6) is -0.622. The molecule has 1 unspecified atom stereocenters. The van der Waals surface area contributed by atoms with Gasteiger partial charge in [0.1, 0.15) is 11.8 Å². The molecule has 0 spiro atoms. The number of sulfonamides is 1. The molecular formula is C19H26N2O7S. The van der Waals surface area contributed by atoms with Crippen molar-refractivity contribution in [1.82, 2.24) is 9.21 Å². The van der Waals surface area contributed by atoms with Gasteiger partial charge in [-0.15, -0.1) is 0 Å². The average molecular weight is 426 g/mol. The second-order valence-corrected chi connectivity index (χ2v) is 9.10. The van der Waals surface area contributed by atoms with Crippen LogP contribution in [0.2, 0.25) is 0 Å². The summed E-state index contributed by atoms with van der Waals surface area (Å²) in [5.41, 5.74) is 0. The molecule has 10 heteroatoms. The van der Waals surface area contributed by atoms with Gasteiger partial charge in [-0.3, -0.25) is 9.59 Å². The number of rotatable bonds is 6.